The highest BCUT2D eigenvalue weighted by atomic mass is 19.1. The molecule has 96 valence electrons. The van der Waals surface area contributed by atoms with Gasteiger partial charge in [-0.15, -0.1) is 10.2 Å². The minimum absolute atomic E-state index is 0.266. The van der Waals surface area contributed by atoms with Gasteiger partial charge in [0, 0.05) is 11.6 Å². The second kappa shape index (κ2) is 5.27. The number of halogens is 1. The molecule has 1 N–H and O–H groups in total. The van der Waals surface area contributed by atoms with Crippen molar-refractivity contribution in [1.29, 1.82) is 0 Å². The summed E-state index contributed by atoms with van der Waals surface area (Å²) < 4.78 is 18.5. The van der Waals surface area contributed by atoms with Crippen LogP contribution in [0, 0.1) is 12.7 Å². The third-order valence-electron chi connectivity index (χ3n) is 2.55. The SMILES string of the molecule is Cc1cc(F)ccc1-c1nnc(CNC(C)C)o1. The predicted molar refractivity (Wildman–Crippen MR) is 66.4 cm³/mol. The van der Waals surface area contributed by atoms with E-state index in [1.54, 1.807) is 6.07 Å². The highest BCUT2D eigenvalue weighted by Gasteiger charge is 2.11. The maximum Gasteiger partial charge on any atom is 0.248 e. The van der Waals surface area contributed by atoms with Crippen LogP contribution in [0.25, 0.3) is 11.5 Å². The van der Waals surface area contributed by atoms with Crippen molar-refractivity contribution in [2.45, 2.75) is 33.4 Å². The Morgan fingerprint density at radius 2 is 2.11 bits per heavy atom. The second-order valence-corrected chi connectivity index (χ2v) is 4.50. The quantitative estimate of drug-likeness (QED) is 0.905. The van der Waals surface area contributed by atoms with E-state index in [1.165, 1.54) is 12.1 Å². The van der Waals surface area contributed by atoms with Gasteiger partial charge in [-0.3, -0.25) is 0 Å². The summed E-state index contributed by atoms with van der Waals surface area (Å²) in [6.07, 6.45) is 0. The number of rotatable bonds is 4. The lowest BCUT2D eigenvalue weighted by atomic mass is 10.1. The van der Waals surface area contributed by atoms with Crippen LogP contribution in [0.15, 0.2) is 22.6 Å². The standard InChI is InChI=1S/C13H16FN3O/c1-8(2)15-7-12-16-17-13(18-12)11-5-4-10(14)6-9(11)3/h4-6,8,15H,7H2,1-3H3. The third-order valence-corrected chi connectivity index (χ3v) is 2.55. The van der Waals surface area contributed by atoms with Gasteiger partial charge in [0.05, 0.1) is 6.54 Å². The zero-order chi connectivity index (χ0) is 13.1. The first-order valence-electron chi connectivity index (χ1n) is 5.88. The predicted octanol–water partition coefficient (Wildman–Crippen LogP) is 2.68. The molecule has 18 heavy (non-hydrogen) atoms. The van der Waals surface area contributed by atoms with Crippen LogP contribution in [-0.4, -0.2) is 16.2 Å². The molecule has 1 aromatic heterocycles. The average Bonchev–Trinajstić information content (AvgIpc) is 2.75. The van der Waals surface area contributed by atoms with Gasteiger partial charge in [-0.2, -0.15) is 0 Å². The summed E-state index contributed by atoms with van der Waals surface area (Å²) in [5.41, 5.74) is 1.54. The van der Waals surface area contributed by atoms with Crippen LogP contribution in [0.4, 0.5) is 4.39 Å². The van der Waals surface area contributed by atoms with E-state index in [2.05, 4.69) is 15.5 Å². The highest BCUT2D eigenvalue weighted by Crippen LogP contribution is 2.22. The van der Waals surface area contributed by atoms with Gasteiger partial charge >= 0.3 is 0 Å². The molecule has 0 fully saturated rings. The number of benzene rings is 1. The Morgan fingerprint density at radius 3 is 2.78 bits per heavy atom. The summed E-state index contributed by atoms with van der Waals surface area (Å²) in [4.78, 5) is 0. The van der Waals surface area contributed by atoms with Crippen molar-refractivity contribution in [1.82, 2.24) is 15.5 Å². The summed E-state index contributed by atoms with van der Waals surface area (Å²) in [7, 11) is 0. The average molecular weight is 249 g/mol. The van der Waals surface area contributed by atoms with E-state index >= 15 is 0 Å². The lowest BCUT2D eigenvalue weighted by molar-refractivity contribution is 0.458. The summed E-state index contributed by atoms with van der Waals surface area (Å²) in [6.45, 7) is 6.43. The Labute approximate surface area is 105 Å². The third kappa shape index (κ3) is 2.92. The number of aromatic nitrogens is 2. The minimum Gasteiger partial charge on any atom is -0.419 e. The fraction of sp³-hybridized carbons (Fsp3) is 0.385. The van der Waals surface area contributed by atoms with E-state index in [4.69, 9.17) is 4.42 Å². The molecule has 0 aliphatic rings. The minimum atomic E-state index is -0.266. The highest BCUT2D eigenvalue weighted by molar-refractivity contribution is 5.57. The van der Waals surface area contributed by atoms with Crippen molar-refractivity contribution >= 4 is 0 Å². The summed E-state index contributed by atoms with van der Waals surface area (Å²) >= 11 is 0. The molecule has 0 spiro atoms. The first-order chi connectivity index (χ1) is 8.56. The fourth-order valence-electron chi connectivity index (χ4n) is 1.59. The van der Waals surface area contributed by atoms with Gasteiger partial charge in [0.2, 0.25) is 11.8 Å². The Kier molecular flexibility index (Phi) is 3.72. The largest absolute Gasteiger partial charge is 0.419 e. The van der Waals surface area contributed by atoms with Crippen LogP contribution < -0.4 is 5.32 Å². The molecule has 1 heterocycles. The first-order valence-corrected chi connectivity index (χ1v) is 5.88. The van der Waals surface area contributed by atoms with Gasteiger partial charge in [0.25, 0.3) is 0 Å². The van der Waals surface area contributed by atoms with E-state index < -0.39 is 0 Å². The molecule has 0 aliphatic carbocycles. The Balaban J connectivity index is 2.18. The maximum absolute atomic E-state index is 13.0. The molecule has 0 saturated heterocycles. The van der Waals surface area contributed by atoms with Crippen LogP contribution >= 0.6 is 0 Å². The Morgan fingerprint density at radius 1 is 1.33 bits per heavy atom. The van der Waals surface area contributed by atoms with Gasteiger partial charge in [-0.05, 0) is 30.7 Å². The van der Waals surface area contributed by atoms with E-state index in [9.17, 15) is 4.39 Å². The number of nitrogens with one attached hydrogen (secondary N) is 1. The van der Waals surface area contributed by atoms with Crippen molar-refractivity contribution in [2.24, 2.45) is 0 Å². The molecule has 5 heteroatoms. The normalized spacial score (nSPS) is 11.2. The van der Waals surface area contributed by atoms with E-state index in [0.29, 0.717) is 24.4 Å². The topological polar surface area (TPSA) is 51.0 Å². The van der Waals surface area contributed by atoms with Gasteiger partial charge in [-0.25, -0.2) is 4.39 Å². The van der Waals surface area contributed by atoms with Gasteiger partial charge in [-0.1, -0.05) is 13.8 Å². The fourth-order valence-corrected chi connectivity index (χ4v) is 1.59. The lowest BCUT2D eigenvalue weighted by Crippen LogP contribution is -2.21. The van der Waals surface area contributed by atoms with Crippen LogP contribution in [0.1, 0.15) is 25.3 Å². The molecule has 1 aromatic carbocycles. The van der Waals surface area contributed by atoms with Gasteiger partial charge < -0.3 is 9.73 Å². The van der Waals surface area contributed by atoms with Crippen LogP contribution in [0.5, 0.6) is 0 Å². The molecular weight excluding hydrogens is 233 g/mol. The number of nitrogens with zero attached hydrogens (tertiary/aromatic N) is 2. The molecule has 0 atom stereocenters. The lowest BCUT2D eigenvalue weighted by Gasteiger charge is -2.03. The van der Waals surface area contributed by atoms with Crippen LogP contribution in [0.2, 0.25) is 0 Å². The van der Waals surface area contributed by atoms with Gasteiger partial charge in [0.1, 0.15) is 5.82 Å². The summed E-state index contributed by atoms with van der Waals surface area (Å²) in [5.74, 6) is 0.688. The van der Waals surface area contributed by atoms with Crippen molar-refractivity contribution in [3.8, 4) is 11.5 Å². The van der Waals surface area contributed by atoms with Crippen molar-refractivity contribution in [2.75, 3.05) is 0 Å². The number of aryl methyl sites for hydroxylation is 1. The van der Waals surface area contributed by atoms with Gasteiger partial charge in [0.15, 0.2) is 0 Å². The van der Waals surface area contributed by atoms with Crippen molar-refractivity contribution < 1.29 is 8.81 Å². The van der Waals surface area contributed by atoms with Crippen molar-refractivity contribution in [3.05, 3.63) is 35.5 Å². The zero-order valence-corrected chi connectivity index (χ0v) is 10.7. The molecular formula is C13H16FN3O. The molecule has 0 radical (unpaired) electrons. The molecule has 0 aliphatic heterocycles. The maximum atomic E-state index is 13.0. The Hall–Kier alpha value is -1.75. The number of hydrogen-bond donors (Lipinski definition) is 1. The second-order valence-electron chi connectivity index (χ2n) is 4.50. The molecule has 0 bridgehead atoms. The van der Waals surface area contributed by atoms with E-state index in [-0.39, 0.29) is 5.82 Å². The van der Waals surface area contributed by atoms with E-state index in [1.807, 2.05) is 20.8 Å². The molecule has 2 rings (SSSR count). The molecule has 2 aromatic rings. The van der Waals surface area contributed by atoms with E-state index in [0.717, 1.165) is 11.1 Å². The Bertz CT molecular complexity index is 537. The molecule has 0 saturated carbocycles. The van der Waals surface area contributed by atoms with Crippen LogP contribution in [-0.2, 0) is 6.54 Å². The monoisotopic (exact) mass is 249 g/mol. The molecule has 0 unspecified atom stereocenters. The molecule has 4 nitrogen and oxygen atoms in total. The zero-order valence-electron chi connectivity index (χ0n) is 10.7. The van der Waals surface area contributed by atoms with Crippen LogP contribution in [0.3, 0.4) is 0 Å². The summed E-state index contributed by atoms with van der Waals surface area (Å²) in [5, 5.41) is 11.1. The first kappa shape index (κ1) is 12.7. The van der Waals surface area contributed by atoms with Crippen molar-refractivity contribution in [3.63, 3.8) is 0 Å². The molecule has 0 amide bonds. The smallest absolute Gasteiger partial charge is 0.248 e. The summed E-state index contributed by atoms with van der Waals surface area (Å²) in [6, 6.07) is 4.84. The number of hydrogen-bond acceptors (Lipinski definition) is 4.